The van der Waals surface area contributed by atoms with Gasteiger partial charge >= 0.3 is 0 Å². The summed E-state index contributed by atoms with van der Waals surface area (Å²) in [7, 11) is 0. The third kappa shape index (κ3) is 1.15. The lowest BCUT2D eigenvalue weighted by molar-refractivity contribution is 0.427. The Labute approximate surface area is 84.8 Å². The van der Waals surface area contributed by atoms with Crippen LogP contribution in [0.3, 0.4) is 0 Å². The molecule has 1 fully saturated rings. The van der Waals surface area contributed by atoms with Crippen molar-refractivity contribution in [3.8, 4) is 0 Å². The Balaban J connectivity index is 1.99. The van der Waals surface area contributed by atoms with Crippen LogP contribution in [0.5, 0.6) is 0 Å². The van der Waals surface area contributed by atoms with Gasteiger partial charge in [-0.15, -0.1) is 0 Å². The maximum Gasteiger partial charge on any atom is 0.112 e. The molecular formula is C13H16O. The predicted molar refractivity (Wildman–Crippen MR) is 57.0 cm³/mol. The van der Waals surface area contributed by atoms with Crippen molar-refractivity contribution in [2.75, 3.05) is 0 Å². The molecule has 0 aromatic heterocycles. The SMILES string of the molecule is OC1=CCC2=C3CCCCC3CC2=C1. The largest absolute Gasteiger partial charge is 0.508 e. The molecule has 0 amide bonds. The molecule has 1 unspecified atom stereocenters. The summed E-state index contributed by atoms with van der Waals surface area (Å²) in [5.41, 5.74) is 4.70. The molecule has 0 heterocycles. The van der Waals surface area contributed by atoms with Crippen molar-refractivity contribution in [2.24, 2.45) is 5.92 Å². The van der Waals surface area contributed by atoms with Gasteiger partial charge in [0, 0.05) is 0 Å². The first-order valence-corrected chi connectivity index (χ1v) is 5.66. The zero-order valence-corrected chi connectivity index (χ0v) is 8.42. The van der Waals surface area contributed by atoms with E-state index in [1.807, 2.05) is 12.2 Å². The van der Waals surface area contributed by atoms with Gasteiger partial charge in [0.2, 0.25) is 0 Å². The third-order valence-corrected chi connectivity index (χ3v) is 3.82. The number of aliphatic hydroxyl groups is 1. The van der Waals surface area contributed by atoms with Gasteiger partial charge in [0.05, 0.1) is 0 Å². The van der Waals surface area contributed by atoms with E-state index < -0.39 is 0 Å². The summed E-state index contributed by atoms with van der Waals surface area (Å²) in [6, 6.07) is 0. The molecule has 0 bridgehead atoms. The van der Waals surface area contributed by atoms with Crippen LogP contribution in [0.2, 0.25) is 0 Å². The molecule has 0 radical (unpaired) electrons. The lowest BCUT2D eigenvalue weighted by Crippen LogP contribution is -2.05. The molecule has 0 aromatic rings. The summed E-state index contributed by atoms with van der Waals surface area (Å²) in [6.45, 7) is 0. The fourth-order valence-electron chi connectivity index (χ4n) is 3.15. The second-order valence-electron chi connectivity index (χ2n) is 4.65. The van der Waals surface area contributed by atoms with E-state index in [1.54, 1.807) is 11.1 Å². The second kappa shape index (κ2) is 3.01. The summed E-state index contributed by atoms with van der Waals surface area (Å²) in [5, 5.41) is 9.45. The second-order valence-corrected chi connectivity index (χ2v) is 4.65. The summed E-state index contributed by atoms with van der Waals surface area (Å²) >= 11 is 0. The number of hydrogen-bond acceptors (Lipinski definition) is 1. The molecule has 0 saturated heterocycles. The Morgan fingerprint density at radius 2 is 2.21 bits per heavy atom. The smallest absolute Gasteiger partial charge is 0.112 e. The van der Waals surface area contributed by atoms with Gasteiger partial charge in [-0.1, -0.05) is 12.0 Å². The van der Waals surface area contributed by atoms with Gasteiger partial charge in [0.25, 0.3) is 0 Å². The molecule has 1 N–H and O–H groups in total. The zero-order chi connectivity index (χ0) is 9.54. The molecule has 3 aliphatic carbocycles. The van der Waals surface area contributed by atoms with Crippen LogP contribution >= 0.6 is 0 Å². The highest BCUT2D eigenvalue weighted by atomic mass is 16.3. The lowest BCUT2D eigenvalue weighted by Gasteiger charge is -2.20. The van der Waals surface area contributed by atoms with E-state index in [0.29, 0.717) is 5.76 Å². The molecule has 1 atom stereocenters. The molecule has 1 nitrogen and oxygen atoms in total. The first kappa shape index (κ1) is 8.34. The van der Waals surface area contributed by atoms with Gasteiger partial charge in [-0.25, -0.2) is 0 Å². The van der Waals surface area contributed by atoms with Crippen molar-refractivity contribution >= 4 is 0 Å². The number of fused-ring (bicyclic) bond motifs is 2. The summed E-state index contributed by atoms with van der Waals surface area (Å²) in [6.07, 6.45) is 11.5. The molecule has 0 spiro atoms. The average Bonchev–Trinajstić information content (AvgIpc) is 2.54. The van der Waals surface area contributed by atoms with Gasteiger partial charge in [-0.05, 0) is 61.3 Å². The number of rotatable bonds is 0. The molecular weight excluding hydrogens is 172 g/mol. The van der Waals surface area contributed by atoms with E-state index in [4.69, 9.17) is 0 Å². The standard InChI is InChI=1S/C13H16O/c14-11-5-6-13-10(8-11)7-9-3-1-2-4-12(9)13/h5,8-9,14H,1-4,6-7H2. The minimum absolute atomic E-state index is 0.475. The summed E-state index contributed by atoms with van der Waals surface area (Å²) in [5.74, 6) is 1.30. The van der Waals surface area contributed by atoms with Crippen LogP contribution in [0.15, 0.2) is 34.6 Å². The van der Waals surface area contributed by atoms with Gasteiger partial charge in [0.15, 0.2) is 0 Å². The Morgan fingerprint density at radius 3 is 3.14 bits per heavy atom. The van der Waals surface area contributed by atoms with Crippen LogP contribution in [0.4, 0.5) is 0 Å². The molecule has 14 heavy (non-hydrogen) atoms. The van der Waals surface area contributed by atoms with Crippen molar-refractivity contribution in [1.82, 2.24) is 0 Å². The van der Waals surface area contributed by atoms with E-state index in [2.05, 4.69) is 0 Å². The summed E-state index contributed by atoms with van der Waals surface area (Å²) < 4.78 is 0. The molecule has 1 heteroatoms. The van der Waals surface area contributed by atoms with E-state index in [0.717, 1.165) is 12.3 Å². The topological polar surface area (TPSA) is 20.2 Å². The highest BCUT2D eigenvalue weighted by Gasteiger charge is 2.31. The molecule has 1 saturated carbocycles. The fourth-order valence-corrected chi connectivity index (χ4v) is 3.15. The normalized spacial score (nSPS) is 30.7. The van der Waals surface area contributed by atoms with E-state index >= 15 is 0 Å². The van der Waals surface area contributed by atoms with Gasteiger partial charge in [-0.3, -0.25) is 0 Å². The molecule has 3 aliphatic rings. The monoisotopic (exact) mass is 188 g/mol. The van der Waals surface area contributed by atoms with Crippen LogP contribution in [0, 0.1) is 5.92 Å². The van der Waals surface area contributed by atoms with Crippen LogP contribution in [0.1, 0.15) is 38.5 Å². The molecule has 0 aromatic carbocycles. The van der Waals surface area contributed by atoms with Crippen molar-refractivity contribution in [3.05, 3.63) is 34.6 Å². The average molecular weight is 188 g/mol. The van der Waals surface area contributed by atoms with Crippen molar-refractivity contribution in [3.63, 3.8) is 0 Å². The Kier molecular flexibility index (Phi) is 1.79. The van der Waals surface area contributed by atoms with E-state index in [1.165, 1.54) is 37.7 Å². The lowest BCUT2D eigenvalue weighted by atomic mass is 9.85. The number of hydrogen-bond donors (Lipinski definition) is 1. The molecule has 74 valence electrons. The van der Waals surface area contributed by atoms with Gasteiger partial charge in [-0.2, -0.15) is 0 Å². The zero-order valence-electron chi connectivity index (χ0n) is 8.42. The predicted octanol–water partition coefficient (Wildman–Crippen LogP) is 3.65. The minimum Gasteiger partial charge on any atom is -0.508 e. The van der Waals surface area contributed by atoms with Crippen LogP contribution in [0.25, 0.3) is 0 Å². The van der Waals surface area contributed by atoms with E-state index in [-0.39, 0.29) is 0 Å². The van der Waals surface area contributed by atoms with Crippen LogP contribution < -0.4 is 0 Å². The third-order valence-electron chi connectivity index (χ3n) is 3.82. The van der Waals surface area contributed by atoms with E-state index in [9.17, 15) is 5.11 Å². The van der Waals surface area contributed by atoms with Gasteiger partial charge in [0.1, 0.15) is 5.76 Å². The highest BCUT2D eigenvalue weighted by molar-refractivity contribution is 5.49. The Bertz CT molecular complexity index is 357. The fraction of sp³-hybridized carbons (Fsp3) is 0.538. The quantitative estimate of drug-likeness (QED) is 0.615. The maximum atomic E-state index is 9.45. The first-order valence-electron chi connectivity index (χ1n) is 5.66. The summed E-state index contributed by atoms with van der Waals surface area (Å²) in [4.78, 5) is 0. The van der Waals surface area contributed by atoms with Crippen LogP contribution in [-0.4, -0.2) is 5.11 Å². The van der Waals surface area contributed by atoms with Crippen molar-refractivity contribution in [1.29, 1.82) is 0 Å². The van der Waals surface area contributed by atoms with Crippen molar-refractivity contribution < 1.29 is 5.11 Å². The molecule has 0 aliphatic heterocycles. The minimum atomic E-state index is 0.475. The highest BCUT2D eigenvalue weighted by Crippen LogP contribution is 2.47. The van der Waals surface area contributed by atoms with Gasteiger partial charge < -0.3 is 5.11 Å². The molecule has 3 rings (SSSR count). The first-order chi connectivity index (χ1) is 6.84. The Morgan fingerprint density at radius 1 is 1.29 bits per heavy atom. The maximum absolute atomic E-state index is 9.45. The van der Waals surface area contributed by atoms with Crippen molar-refractivity contribution in [2.45, 2.75) is 38.5 Å². The Hall–Kier alpha value is -0.980. The number of allylic oxidation sites excluding steroid dienone is 5. The number of aliphatic hydroxyl groups excluding tert-OH is 1. The van der Waals surface area contributed by atoms with Crippen LogP contribution in [-0.2, 0) is 0 Å².